The molecule has 0 aliphatic rings. The molecule has 3 aromatic rings. The average Bonchev–Trinajstić information content (AvgIpc) is 3.16. The first kappa shape index (κ1) is 21.7. The number of ether oxygens (including phenoxy) is 1. The summed E-state index contributed by atoms with van der Waals surface area (Å²) in [6, 6.07) is 11.5. The van der Waals surface area contributed by atoms with E-state index in [1.807, 2.05) is 38.3 Å². The minimum atomic E-state index is -0.388. The molecule has 0 fully saturated rings. The van der Waals surface area contributed by atoms with Crippen LogP contribution in [0.4, 0.5) is 10.8 Å². The molecule has 1 amide bonds. The summed E-state index contributed by atoms with van der Waals surface area (Å²) in [4.78, 5) is 30.9. The lowest BCUT2D eigenvalue weighted by Crippen LogP contribution is -2.24. The number of carbonyl (C=O) groups is 2. The lowest BCUT2D eigenvalue weighted by atomic mass is 10.0. The van der Waals surface area contributed by atoms with Gasteiger partial charge in [-0.1, -0.05) is 36.8 Å². The molecule has 0 unspecified atom stereocenters. The molecule has 1 heterocycles. The monoisotopic (exact) mass is 422 g/mol. The Morgan fingerprint density at radius 3 is 2.27 bits per heavy atom. The maximum Gasteiger partial charge on any atom is 0.338 e. The number of anilines is 2. The minimum absolute atomic E-state index is 0.0580. The Bertz CT molecular complexity index is 1050. The molecule has 6 heteroatoms. The summed E-state index contributed by atoms with van der Waals surface area (Å²) in [5.41, 5.74) is 6.32. The van der Waals surface area contributed by atoms with Crippen molar-refractivity contribution in [3.8, 4) is 0 Å². The van der Waals surface area contributed by atoms with Gasteiger partial charge in [-0.3, -0.25) is 9.69 Å². The van der Waals surface area contributed by atoms with Gasteiger partial charge in [0, 0.05) is 12.3 Å². The third kappa shape index (κ3) is 4.76. The standard InChI is InChI=1S/C24H26N2O3S/c1-6-19-7-9-20(10-8-19)23(28)29-13-21-14-30-24(25-21)26(18(5)27)22-16(3)11-15(2)12-17(22)4/h7-12,14H,6,13H2,1-5H3. The molecule has 0 atom stereocenters. The van der Waals surface area contributed by atoms with E-state index < -0.39 is 0 Å². The quantitative estimate of drug-likeness (QED) is 0.480. The van der Waals surface area contributed by atoms with Crippen LogP contribution < -0.4 is 4.90 Å². The number of rotatable bonds is 6. The number of amides is 1. The summed E-state index contributed by atoms with van der Waals surface area (Å²) in [5, 5.41) is 2.38. The summed E-state index contributed by atoms with van der Waals surface area (Å²) in [5.74, 6) is -0.500. The second-order valence-electron chi connectivity index (χ2n) is 7.35. The first-order chi connectivity index (χ1) is 14.3. The van der Waals surface area contributed by atoms with Gasteiger partial charge in [-0.15, -0.1) is 11.3 Å². The lowest BCUT2D eigenvalue weighted by Gasteiger charge is -2.23. The average molecular weight is 423 g/mol. The number of thiazole rings is 1. The zero-order valence-electron chi connectivity index (χ0n) is 18.0. The van der Waals surface area contributed by atoms with Gasteiger partial charge < -0.3 is 4.74 Å². The van der Waals surface area contributed by atoms with E-state index in [4.69, 9.17) is 4.74 Å². The highest BCUT2D eigenvalue weighted by atomic mass is 32.1. The van der Waals surface area contributed by atoms with Crippen LogP contribution in [-0.4, -0.2) is 16.9 Å². The molecule has 3 rings (SSSR count). The molecule has 5 nitrogen and oxygen atoms in total. The Labute approximate surface area is 181 Å². The Balaban J connectivity index is 1.77. The number of aromatic nitrogens is 1. The van der Waals surface area contributed by atoms with E-state index in [1.54, 1.807) is 17.0 Å². The molecular formula is C24H26N2O3S. The van der Waals surface area contributed by atoms with Crippen molar-refractivity contribution in [3.05, 3.63) is 75.3 Å². The van der Waals surface area contributed by atoms with Gasteiger partial charge in [0.15, 0.2) is 5.13 Å². The summed E-state index contributed by atoms with van der Waals surface area (Å²) in [6.07, 6.45) is 0.920. The van der Waals surface area contributed by atoms with Crippen molar-refractivity contribution in [1.29, 1.82) is 0 Å². The zero-order valence-corrected chi connectivity index (χ0v) is 18.8. The molecule has 156 valence electrons. The van der Waals surface area contributed by atoms with Crippen molar-refractivity contribution in [1.82, 2.24) is 4.98 Å². The highest BCUT2D eigenvalue weighted by Crippen LogP contribution is 2.34. The molecule has 0 aliphatic heterocycles. The molecule has 2 aromatic carbocycles. The molecule has 0 saturated heterocycles. The van der Waals surface area contributed by atoms with Crippen molar-refractivity contribution in [2.75, 3.05) is 4.90 Å². The van der Waals surface area contributed by atoms with Crippen LogP contribution in [0, 0.1) is 20.8 Å². The van der Waals surface area contributed by atoms with Gasteiger partial charge in [0.1, 0.15) is 6.61 Å². The van der Waals surface area contributed by atoms with Gasteiger partial charge in [0.2, 0.25) is 5.91 Å². The number of esters is 1. The largest absolute Gasteiger partial charge is 0.456 e. The van der Waals surface area contributed by atoms with Crippen LogP contribution in [0.25, 0.3) is 0 Å². The Morgan fingerprint density at radius 1 is 1.07 bits per heavy atom. The van der Waals surface area contributed by atoms with E-state index in [0.717, 1.165) is 28.8 Å². The molecule has 0 N–H and O–H groups in total. The summed E-state index contributed by atoms with van der Waals surface area (Å²) in [7, 11) is 0. The van der Waals surface area contributed by atoms with E-state index in [1.165, 1.54) is 23.8 Å². The molecule has 0 saturated carbocycles. The topological polar surface area (TPSA) is 59.5 Å². The van der Waals surface area contributed by atoms with E-state index in [0.29, 0.717) is 16.4 Å². The predicted molar refractivity (Wildman–Crippen MR) is 121 cm³/mol. The van der Waals surface area contributed by atoms with Gasteiger partial charge >= 0.3 is 5.97 Å². The highest BCUT2D eigenvalue weighted by Gasteiger charge is 2.22. The summed E-state index contributed by atoms with van der Waals surface area (Å²) >= 11 is 1.36. The molecular weight excluding hydrogens is 396 g/mol. The van der Waals surface area contributed by atoms with Gasteiger partial charge in [0.25, 0.3) is 0 Å². The SMILES string of the molecule is CCc1ccc(C(=O)OCc2csc(N(C(C)=O)c3c(C)cc(C)cc3C)n2)cc1. The molecule has 0 radical (unpaired) electrons. The van der Waals surface area contributed by atoms with E-state index in [2.05, 4.69) is 24.0 Å². The molecule has 30 heavy (non-hydrogen) atoms. The number of carbonyl (C=O) groups excluding carboxylic acids is 2. The van der Waals surface area contributed by atoms with Crippen LogP contribution in [0.15, 0.2) is 41.8 Å². The first-order valence-electron chi connectivity index (χ1n) is 9.89. The fourth-order valence-electron chi connectivity index (χ4n) is 3.48. The predicted octanol–water partition coefficient (Wildman–Crippen LogP) is 5.67. The fourth-order valence-corrected chi connectivity index (χ4v) is 4.33. The maximum atomic E-state index is 12.5. The zero-order chi connectivity index (χ0) is 21.8. The first-order valence-corrected chi connectivity index (χ1v) is 10.8. The van der Waals surface area contributed by atoms with Crippen molar-refractivity contribution in [3.63, 3.8) is 0 Å². The van der Waals surface area contributed by atoms with Crippen molar-refractivity contribution >= 4 is 34.0 Å². The molecule has 0 aliphatic carbocycles. The van der Waals surface area contributed by atoms with Crippen LogP contribution >= 0.6 is 11.3 Å². The number of hydrogen-bond acceptors (Lipinski definition) is 5. The van der Waals surface area contributed by atoms with Crippen LogP contribution in [0.2, 0.25) is 0 Å². The second-order valence-corrected chi connectivity index (χ2v) is 8.19. The van der Waals surface area contributed by atoms with Gasteiger partial charge in [-0.2, -0.15) is 0 Å². The maximum absolute atomic E-state index is 12.5. The second kappa shape index (κ2) is 9.22. The Kier molecular flexibility index (Phi) is 6.67. The van der Waals surface area contributed by atoms with Gasteiger partial charge in [-0.25, -0.2) is 9.78 Å². The lowest BCUT2D eigenvalue weighted by molar-refractivity contribution is -0.115. The van der Waals surface area contributed by atoms with Crippen LogP contribution in [0.5, 0.6) is 0 Å². The molecule has 0 bridgehead atoms. The van der Waals surface area contributed by atoms with Crippen molar-refractivity contribution in [2.45, 2.75) is 47.6 Å². The Morgan fingerprint density at radius 2 is 1.70 bits per heavy atom. The smallest absolute Gasteiger partial charge is 0.338 e. The third-order valence-electron chi connectivity index (χ3n) is 4.85. The van der Waals surface area contributed by atoms with Gasteiger partial charge in [-0.05, 0) is 56.0 Å². The normalized spacial score (nSPS) is 10.7. The van der Waals surface area contributed by atoms with E-state index >= 15 is 0 Å². The number of benzene rings is 2. The van der Waals surface area contributed by atoms with Crippen LogP contribution in [0.3, 0.4) is 0 Å². The minimum Gasteiger partial charge on any atom is -0.456 e. The van der Waals surface area contributed by atoms with Crippen LogP contribution in [0.1, 0.15) is 52.2 Å². The molecule has 0 spiro atoms. The van der Waals surface area contributed by atoms with Crippen LogP contribution in [-0.2, 0) is 22.6 Å². The fraction of sp³-hybridized carbons (Fsp3) is 0.292. The Hall–Kier alpha value is -2.99. The third-order valence-corrected chi connectivity index (χ3v) is 5.73. The van der Waals surface area contributed by atoms with Gasteiger partial charge in [0.05, 0.1) is 16.9 Å². The van der Waals surface area contributed by atoms with E-state index in [-0.39, 0.29) is 18.5 Å². The van der Waals surface area contributed by atoms with E-state index in [9.17, 15) is 9.59 Å². The molecule has 1 aromatic heterocycles. The summed E-state index contributed by atoms with van der Waals surface area (Å²) in [6.45, 7) is 9.67. The number of nitrogens with zero attached hydrogens (tertiary/aromatic N) is 2. The van der Waals surface area contributed by atoms with Crippen molar-refractivity contribution < 1.29 is 14.3 Å². The van der Waals surface area contributed by atoms with Crippen molar-refractivity contribution in [2.24, 2.45) is 0 Å². The number of aryl methyl sites for hydroxylation is 4. The number of hydrogen-bond donors (Lipinski definition) is 0. The summed E-state index contributed by atoms with van der Waals surface area (Å²) < 4.78 is 5.41. The highest BCUT2D eigenvalue weighted by molar-refractivity contribution is 7.14.